The normalized spacial score (nSPS) is 27.3. The van der Waals surface area contributed by atoms with Crippen molar-refractivity contribution >= 4 is 50.9 Å². The number of likely N-dealkylation sites (tertiary alicyclic amines) is 2. The van der Waals surface area contributed by atoms with Crippen molar-refractivity contribution in [1.82, 2.24) is 19.8 Å². The molecule has 0 spiro atoms. The Balaban J connectivity index is 1.35. The number of piperidine rings is 1. The predicted molar refractivity (Wildman–Crippen MR) is 112 cm³/mol. The minimum Gasteiger partial charge on any atom is -0.335 e. The van der Waals surface area contributed by atoms with Gasteiger partial charge in [-0.1, -0.05) is 11.6 Å². The van der Waals surface area contributed by atoms with E-state index in [2.05, 4.69) is 10.0 Å². The van der Waals surface area contributed by atoms with Crippen LogP contribution in [0.2, 0.25) is 4.34 Å². The van der Waals surface area contributed by atoms with Crippen LogP contribution in [0.5, 0.6) is 0 Å². The number of hydrogen-bond acceptors (Lipinski definition) is 6. The molecule has 3 saturated heterocycles. The van der Waals surface area contributed by atoms with E-state index in [1.54, 1.807) is 12.1 Å². The average Bonchev–Trinajstić information content (AvgIpc) is 3.40. The fraction of sp³-hybridized carbons (Fsp3) is 0.556. The zero-order valence-electron chi connectivity index (χ0n) is 15.7. The first-order chi connectivity index (χ1) is 13.8. The van der Waals surface area contributed by atoms with Crippen LogP contribution < -0.4 is 10.0 Å². The number of carbonyl (C=O) groups is 2. The smallest absolute Gasteiger partial charge is 0.242 e. The Morgan fingerprint density at radius 1 is 1.41 bits per heavy atom. The molecule has 3 aliphatic rings. The Morgan fingerprint density at radius 3 is 2.90 bits per heavy atom. The second-order valence-electron chi connectivity index (χ2n) is 7.60. The quantitative estimate of drug-likeness (QED) is 0.658. The molecule has 0 radical (unpaired) electrons. The van der Waals surface area contributed by atoms with Gasteiger partial charge >= 0.3 is 0 Å². The van der Waals surface area contributed by atoms with E-state index in [9.17, 15) is 18.0 Å². The SMILES string of the molecule is O=C1[C@@H](NS(=O)(=O)/C=C/c2ccc(Cl)s2)CCCN1CC(=O)N1C[C@@H]2C[C@H]1CN2. The van der Waals surface area contributed by atoms with E-state index in [-0.39, 0.29) is 24.4 Å². The summed E-state index contributed by atoms with van der Waals surface area (Å²) in [7, 11) is -3.80. The van der Waals surface area contributed by atoms with Crippen molar-refractivity contribution in [3.05, 3.63) is 26.8 Å². The minimum absolute atomic E-state index is 0.00378. The molecule has 3 fully saturated rings. The number of carbonyl (C=O) groups excluding carboxylic acids is 2. The van der Waals surface area contributed by atoms with Crippen molar-refractivity contribution in [3.8, 4) is 0 Å². The lowest BCUT2D eigenvalue weighted by Crippen LogP contribution is -2.56. The number of rotatable bonds is 6. The molecule has 4 rings (SSSR count). The summed E-state index contributed by atoms with van der Waals surface area (Å²) in [5.41, 5.74) is 0. The van der Waals surface area contributed by atoms with Crippen LogP contribution in [0.1, 0.15) is 24.1 Å². The minimum atomic E-state index is -3.80. The maximum atomic E-state index is 12.8. The number of halogens is 1. The van der Waals surface area contributed by atoms with Crippen LogP contribution in [0.3, 0.4) is 0 Å². The maximum Gasteiger partial charge on any atom is 0.242 e. The molecule has 2 bridgehead atoms. The lowest BCUT2D eigenvalue weighted by molar-refractivity contribution is -0.143. The third-order valence-electron chi connectivity index (χ3n) is 5.55. The van der Waals surface area contributed by atoms with Gasteiger partial charge in [0.2, 0.25) is 21.8 Å². The Labute approximate surface area is 178 Å². The molecule has 0 saturated carbocycles. The molecule has 2 amide bonds. The molecule has 1 aromatic heterocycles. The molecular weight excluding hydrogens is 436 g/mol. The second-order valence-corrected chi connectivity index (χ2v) is 10.9. The molecule has 3 aliphatic heterocycles. The van der Waals surface area contributed by atoms with Crippen molar-refractivity contribution in [2.75, 3.05) is 26.2 Å². The lowest BCUT2D eigenvalue weighted by atomic mass is 10.1. The Hall–Kier alpha value is -1.46. The topological polar surface area (TPSA) is 98.8 Å². The van der Waals surface area contributed by atoms with Gasteiger partial charge < -0.3 is 15.1 Å². The number of thiophene rings is 1. The molecule has 4 heterocycles. The first kappa shape index (κ1) is 20.8. The van der Waals surface area contributed by atoms with Gasteiger partial charge in [0.15, 0.2) is 0 Å². The van der Waals surface area contributed by atoms with E-state index >= 15 is 0 Å². The van der Waals surface area contributed by atoms with Crippen molar-refractivity contribution in [2.24, 2.45) is 0 Å². The van der Waals surface area contributed by atoms with Crippen LogP contribution in [0.25, 0.3) is 6.08 Å². The molecular formula is C18H23ClN4O4S2. The van der Waals surface area contributed by atoms with Crippen LogP contribution >= 0.6 is 22.9 Å². The van der Waals surface area contributed by atoms with Crippen molar-refractivity contribution in [3.63, 3.8) is 0 Å². The highest BCUT2D eigenvalue weighted by molar-refractivity contribution is 7.92. The van der Waals surface area contributed by atoms with E-state index < -0.39 is 16.1 Å². The molecule has 11 heteroatoms. The van der Waals surface area contributed by atoms with Gasteiger partial charge in [-0.25, -0.2) is 8.42 Å². The highest BCUT2D eigenvalue weighted by atomic mass is 35.5. The van der Waals surface area contributed by atoms with Gasteiger partial charge in [-0.15, -0.1) is 11.3 Å². The second kappa shape index (κ2) is 8.35. The van der Waals surface area contributed by atoms with Crippen LogP contribution in [-0.2, 0) is 19.6 Å². The zero-order valence-corrected chi connectivity index (χ0v) is 18.1. The zero-order chi connectivity index (χ0) is 20.6. The van der Waals surface area contributed by atoms with Gasteiger partial charge in [0, 0.05) is 42.0 Å². The number of nitrogens with one attached hydrogen (secondary N) is 2. The Morgan fingerprint density at radius 2 is 2.24 bits per heavy atom. The van der Waals surface area contributed by atoms with E-state index in [0.717, 1.165) is 18.4 Å². The Kier molecular flexibility index (Phi) is 5.99. The van der Waals surface area contributed by atoms with Crippen LogP contribution in [0.15, 0.2) is 17.5 Å². The number of nitrogens with zero attached hydrogens (tertiary/aromatic N) is 2. The third-order valence-corrected chi connectivity index (χ3v) is 7.85. The number of fused-ring (bicyclic) bond motifs is 2. The first-order valence-electron chi connectivity index (χ1n) is 9.58. The van der Waals surface area contributed by atoms with Gasteiger partial charge in [-0.05, 0) is 37.5 Å². The first-order valence-corrected chi connectivity index (χ1v) is 12.3. The van der Waals surface area contributed by atoms with Crippen molar-refractivity contribution < 1.29 is 18.0 Å². The molecule has 0 aliphatic carbocycles. The summed E-state index contributed by atoms with van der Waals surface area (Å²) in [6.07, 6.45) is 3.47. The monoisotopic (exact) mass is 458 g/mol. The maximum absolute atomic E-state index is 12.8. The van der Waals surface area contributed by atoms with Crippen LogP contribution in [0.4, 0.5) is 0 Å². The summed E-state index contributed by atoms with van der Waals surface area (Å²) >= 11 is 7.11. The summed E-state index contributed by atoms with van der Waals surface area (Å²) in [5.74, 6) is -0.409. The number of hydrogen-bond donors (Lipinski definition) is 2. The Bertz CT molecular complexity index is 932. The van der Waals surface area contributed by atoms with E-state index in [1.165, 1.54) is 22.3 Å². The van der Waals surface area contributed by atoms with E-state index in [1.807, 2.05) is 4.90 Å². The third kappa shape index (κ3) is 4.83. The molecule has 2 N–H and O–H groups in total. The summed E-state index contributed by atoms with van der Waals surface area (Å²) in [5, 5.41) is 4.39. The van der Waals surface area contributed by atoms with Crippen LogP contribution in [0, 0.1) is 0 Å². The molecule has 29 heavy (non-hydrogen) atoms. The molecule has 0 unspecified atom stereocenters. The van der Waals surface area contributed by atoms with Gasteiger partial charge in [-0.2, -0.15) is 4.72 Å². The summed E-state index contributed by atoms with van der Waals surface area (Å²) in [6.45, 7) is 1.95. The molecule has 1 aromatic rings. The number of amides is 2. The van der Waals surface area contributed by atoms with Crippen molar-refractivity contribution in [2.45, 2.75) is 37.4 Å². The van der Waals surface area contributed by atoms with E-state index in [4.69, 9.17) is 11.6 Å². The van der Waals surface area contributed by atoms with Crippen LogP contribution in [-0.4, -0.2) is 74.3 Å². The largest absolute Gasteiger partial charge is 0.335 e. The fourth-order valence-corrected chi connectivity index (χ4v) is 6.21. The predicted octanol–water partition coefficient (Wildman–Crippen LogP) is 0.855. The summed E-state index contributed by atoms with van der Waals surface area (Å²) in [6, 6.07) is 3.12. The molecule has 0 aromatic carbocycles. The standard InChI is InChI=1S/C18H23ClN4O4S2/c19-16-4-3-14(28-16)5-7-29(26,27)21-15-2-1-6-22(18(15)25)11-17(24)23-10-12-8-13(23)9-20-12/h3-5,7,12-13,15,20-21H,1-2,6,8-11H2/b7-5+/t12-,13-,15-/m0/s1. The average molecular weight is 459 g/mol. The summed E-state index contributed by atoms with van der Waals surface area (Å²) < 4.78 is 27.8. The summed E-state index contributed by atoms with van der Waals surface area (Å²) in [4.78, 5) is 29.4. The number of sulfonamides is 1. The van der Waals surface area contributed by atoms with E-state index in [0.29, 0.717) is 41.2 Å². The molecule has 8 nitrogen and oxygen atoms in total. The van der Waals surface area contributed by atoms with Crippen molar-refractivity contribution in [1.29, 1.82) is 0 Å². The number of piperazine rings is 1. The van der Waals surface area contributed by atoms with Gasteiger partial charge in [0.25, 0.3) is 0 Å². The fourth-order valence-electron chi connectivity index (χ4n) is 4.14. The lowest BCUT2D eigenvalue weighted by Gasteiger charge is -2.34. The molecule has 158 valence electrons. The highest BCUT2D eigenvalue weighted by Gasteiger charge is 2.41. The van der Waals surface area contributed by atoms with Gasteiger partial charge in [0.1, 0.15) is 6.04 Å². The molecule has 3 atom stereocenters. The van der Waals surface area contributed by atoms with Gasteiger partial charge in [-0.3, -0.25) is 9.59 Å². The van der Waals surface area contributed by atoms with Gasteiger partial charge in [0.05, 0.1) is 10.9 Å². The highest BCUT2D eigenvalue weighted by Crippen LogP contribution is 2.24.